The predicted octanol–water partition coefficient (Wildman–Crippen LogP) is -0.121. The van der Waals surface area contributed by atoms with Crippen LogP contribution in [0.3, 0.4) is 0 Å². The predicted molar refractivity (Wildman–Crippen MR) is 54.7 cm³/mol. The standard InChI is InChI=1S/C6H7Br2N3O2/c7-3-1-10-5(12)9-6(13)11(10)2-4(3)8/h3-4H,1-2H2,(H,9,12,13)/t3-,4-/m0/s1. The van der Waals surface area contributed by atoms with Gasteiger partial charge >= 0.3 is 11.4 Å². The van der Waals surface area contributed by atoms with Crippen molar-refractivity contribution in [2.45, 2.75) is 22.7 Å². The Labute approximate surface area is 90.0 Å². The second kappa shape index (κ2) is 3.13. The van der Waals surface area contributed by atoms with Crippen LogP contribution in [0, 0.1) is 0 Å². The molecule has 13 heavy (non-hydrogen) atoms. The zero-order chi connectivity index (χ0) is 9.59. The molecular formula is C6H7Br2N3O2. The van der Waals surface area contributed by atoms with E-state index in [-0.39, 0.29) is 21.0 Å². The molecule has 72 valence electrons. The van der Waals surface area contributed by atoms with Crippen LogP contribution < -0.4 is 11.4 Å². The van der Waals surface area contributed by atoms with Gasteiger partial charge in [0.1, 0.15) is 0 Å². The summed E-state index contributed by atoms with van der Waals surface area (Å²) in [7, 11) is 0. The smallest absolute Gasteiger partial charge is 0.257 e. The second-order valence-corrected chi connectivity index (χ2v) is 5.28. The third kappa shape index (κ3) is 1.43. The summed E-state index contributed by atoms with van der Waals surface area (Å²) in [6.45, 7) is 1.01. The highest BCUT2D eigenvalue weighted by Gasteiger charge is 2.26. The van der Waals surface area contributed by atoms with Crippen molar-refractivity contribution in [3.05, 3.63) is 21.0 Å². The summed E-state index contributed by atoms with van der Waals surface area (Å²) in [5, 5.41) is 0. The lowest BCUT2D eigenvalue weighted by Gasteiger charge is -2.24. The van der Waals surface area contributed by atoms with E-state index in [1.54, 1.807) is 0 Å². The molecule has 7 heteroatoms. The van der Waals surface area contributed by atoms with E-state index in [9.17, 15) is 9.59 Å². The van der Waals surface area contributed by atoms with Crippen molar-refractivity contribution in [2.75, 3.05) is 0 Å². The van der Waals surface area contributed by atoms with Gasteiger partial charge in [0.15, 0.2) is 0 Å². The van der Waals surface area contributed by atoms with E-state index >= 15 is 0 Å². The Morgan fingerprint density at radius 2 is 1.46 bits per heavy atom. The van der Waals surface area contributed by atoms with Gasteiger partial charge in [-0.05, 0) is 0 Å². The van der Waals surface area contributed by atoms with Gasteiger partial charge in [-0.15, -0.1) is 0 Å². The monoisotopic (exact) mass is 311 g/mol. The summed E-state index contributed by atoms with van der Waals surface area (Å²) in [5.74, 6) is 0. The Morgan fingerprint density at radius 3 is 1.85 bits per heavy atom. The summed E-state index contributed by atoms with van der Waals surface area (Å²) < 4.78 is 2.83. The Balaban J connectivity index is 2.56. The minimum absolute atomic E-state index is 0.181. The van der Waals surface area contributed by atoms with Crippen LogP contribution in [0.2, 0.25) is 0 Å². The first-order chi connectivity index (χ1) is 6.09. The number of nitrogens with zero attached hydrogens (tertiary/aromatic N) is 2. The lowest BCUT2D eigenvalue weighted by molar-refractivity contribution is 0.370. The van der Waals surface area contributed by atoms with Gasteiger partial charge in [0.25, 0.3) is 0 Å². The summed E-state index contributed by atoms with van der Waals surface area (Å²) in [4.78, 5) is 25.0. The molecule has 0 saturated heterocycles. The van der Waals surface area contributed by atoms with E-state index in [4.69, 9.17) is 0 Å². The largest absolute Gasteiger partial charge is 0.344 e. The molecule has 0 aliphatic carbocycles. The van der Waals surface area contributed by atoms with Crippen LogP contribution in [0.4, 0.5) is 0 Å². The quantitative estimate of drug-likeness (QED) is 0.679. The van der Waals surface area contributed by atoms with E-state index in [1.165, 1.54) is 9.36 Å². The van der Waals surface area contributed by atoms with E-state index in [2.05, 4.69) is 36.8 Å². The molecule has 0 saturated carbocycles. The fraction of sp³-hybridized carbons (Fsp3) is 0.667. The van der Waals surface area contributed by atoms with Gasteiger partial charge in [-0.25, -0.2) is 19.0 Å². The number of fused-ring (bicyclic) bond motifs is 1. The molecule has 0 spiro atoms. The van der Waals surface area contributed by atoms with Crippen molar-refractivity contribution >= 4 is 31.9 Å². The number of hydrogen-bond acceptors (Lipinski definition) is 2. The molecule has 5 nitrogen and oxygen atoms in total. The number of aromatic nitrogens is 3. The number of alkyl halides is 2. The maximum atomic E-state index is 11.2. The molecule has 0 unspecified atom stereocenters. The Bertz CT molecular complexity index is 393. The van der Waals surface area contributed by atoms with E-state index < -0.39 is 0 Å². The van der Waals surface area contributed by atoms with Gasteiger partial charge < -0.3 is 0 Å². The van der Waals surface area contributed by atoms with Gasteiger partial charge in [0.05, 0.1) is 13.1 Å². The first-order valence-corrected chi connectivity index (χ1v) is 5.61. The van der Waals surface area contributed by atoms with Gasteiger partial charge in [-0.3, -0.25) is 4.98 Å². The van der Waals surface area contributed by atoms with Crippen LogP contribution in [-0.2, 0) is 13.1 Å². The molecule has 1 aliphatic heterocycles. The molecule has 1 aromatic heterocycles. The molecule has 0 aromatic carbocycles. The average molecular weight is 313 g/mol. The van der Waals surface area contributed by atoms with E-state index in [0.717, 1.165) is 0 Å². The Kier molecular flexibility index (Phi) is 2.23. The molecule has 1 N–H and O–H groups in total. The lowest BCUT2D eigenvalue weighted by Crippen LogP contribution is -2.41. The molecule has 1 aliphatic rings. The number of aromatic amines is 1. The van der Waals surface area contributed by atoms with Crippen molar-refractivity contribution in [3.8, 4) is 0 Å². The molecule has 2 atom stereocenters. The van der Waals surface area contributed by atoms with Crippen LogP contribution in [0.15, 0.2) is 9.59 Å². The molecular weight excluding hydrogens is 306 g/mol. The van der Waals surface area contributed by atoms with Crippen LogP contribution >= 0.6 is 31.9 Å². The molecule has 0 bridgehead atoms. The van der Waals surface area contributed by atoms with Crippen molar-refractivity contribution in [1.82, 2.24) is 14.3 Å². The van der Waals surface area contributed by atoms with Gasteiger partial charge in [-0.1, -0.05) is 31.9 Å². The fourth-order valence-electron chi connectivity index (χ4n) is 1.36. The van der Waals surface area contributed by atoms with Gasteiger partial charge in [-0.2, -0.15) is 0 Å². The van der Waals surface area contributed by atoms with Crippen molar-refractivity contribution in [1.29, 1.82) is 0 Å². The highest BCUT2D eigenvalue weighted by atomic mass is 79.9. The maximum absolute atomic E-state index is 11.2. The Morgan fingerprint density at radius 1 is 1.08 bits per heavy atom. The lowest BCUT2D eigenvalue weighted by atomic mass is 10.3. The van der Waals surface area contributed by atoms with E-state index in [1.807, 2.05) is 0 Å². The van der Waals surface area contributed by atoms with Crippen LogP contribution in [0.5, 0.6) is 0 Å². The van der Waals surface area contributed by atoms with E-state index in [0.29, 0.717) is 13.1 Å². The first kappa shape index (κ1) is 9.26. The number of nitrogens with one attached hydrogen (secondary N) is 1. The highest BCUT2D eigenvalue weighted by molar-refractivity contribution is 9.12. The molecule has 0 fully saturated rings. The summed E-state index contributed by atoms with van der Waals surface area (Å²) in [5.41, 5.74) is -0.678. The number of halogens is 2. The van der Waals surface area contributed by atoms with Crippen molar-refractivity contribution in [2.24, 2.45) is 0 Å². The number of rotatable bonds is 0. The summed E-state index contributed by atoms with van der Waals surface area (Å²) >= 11 is 6.86. The van der Waals surface area contributed by atoms with Crippen molar-refractivity contribution < 1.29 is 0 Å². The number of H-pyrrole nitrogens is 1. The summed E-state index contributed by atoms with van der Waals surface area (Å²) in [6, 6.07) is 0. The minimum Gasteiger partial charge on any atom is -0.257 e. The molecule has 2 rings (SSSR count). The van der Waals surface area contributed by atoms with Crippen LogP contribution in [-0.4, -0.2) is 24.0 Å². The van der Waals surface area contributed by atoms with Crippen LogP contribution in [0.1, 0.15) is 0 Å². The van der Waals surface area contributed by atoms with Gasteiger partial charge in [0.2, 0.25) is 0 Å². The summed E-state index contributed by atoms with van der Waals surface area (Å²) in [6.07, 6.45) is 0. The zero-order valence-corrected chi connectivity index (χ0v) is 9.71. The fourth-order valence-corrected chi connectivity index (χ4v) is 2.24. The highest BCUT2D eigenvalue weighted by Crippen LogP contribution is 2.20. The molecule has 0 amide bonds. The maximum Gasteiger partial charge on any atom is 0.344 e. The number of hydrogen-bond donors (Lipinski definition) is 1. The Hall–Kier alpha value is -0.300. The first-order valence-electron chi connectivity index (χ1n) is 3.77. The topological polar surface area (TPSA) is 59.8 Å². The third-order valence-corrected chi connectivity index (χ3v) is 4.63. The normalized spacial score (nSPS) is 27.2. The third-order valence-electron chi connectivity index (χ3n) is 2.06. The SMILES string of the molecule is O=c1[nH]c(=O)n2n1C[C@H](Br)[C@@H](Br)C2. The van der Waals surface area contributed by atoms with Crippen molar-refractivity contribution in [3.63, 3.8) is 0 Å². The average Bonchev–Trinajstić information content (AvgIpc) is 2.31. The van der Waals surface area contributed by atoms with Gasteiger partial charge in [0, 0.05) is 9.65 Å². The molecule has 0 radical (unpaired) electrons. The second-order valence-electron chi connectivity index (χ2n) is 2.93. The minimum atomic E-state index is -0.339. The zero-order valence-electron chi connectivity index (χ0n) is 6.54. The molecule has 1 aromatic rings. The molecule has 2 heterocycles. The van der Waals surface area contributed by atoms with Crippen LogP contribution in [0.25, 0.3) is 0 Å².